The van der Waals surface area contributed by atoms with Crippen LogP contribution in [0.1, 0.15) is 18.0 Å². The molecule has 2 aromatic carbocycles. The number of carbonyl (C=O) groups is 1. The Morgan fingerprint density at radius 1 is 1.09 bits per heavy atom. The standard InChI is InChI=1S/C25H30N4O6/c1-33-21-8-7-17(15-22(21)34-2)20(28-11-13-35-14-12-28)16-26-23(30)9-10-29-19-6-4-3-5-18(19)24(31)27-25(29)32/h3-8,15,20H,9-14,16H2,1-2H3,(H,26,30)(H,27,31,32)/t20-/m1/s1. The van der Waals surface area contributed by atoms with Crippen LogP contribution in [0.3, 0.4) is 0 Å². The predicted molar refractivity (Wildman–Crippen MR) is 131 cm³/mol. The van der Waals surface area contributed by atoms with E-state index >= 15 is 0 Å². The van der Waals surface area contributed by atoms with E-state index in [0.29, 0.717) is 42.2 Å². The van der Waals surface area contributed by atoms with E-state index in [1.165, 1.54) is 4.57 Å². The average molecular weight is 483 g/mol. The summed E-state index contributed by atoms with van der Waals surface area (Å²) in [4.78, 5) is 41.8. The highest BCUT2D eigenvalue weighted by Crippen LogP contribution is 2.32. The molecular weight excluding hydrogens is 452 g/mol. The monoisotopic (exact) mass is 482 g/mol. The maximum atomic E-state index is 12.8. The summed E-state index contributed by atoms with van der Waals surface area (Å²) in [6, 6.07) is 12.5. The number of morpholine rings is 1. The number of methoxy groups -OCH3 is 2. The molecule has 1 aliphatic rings. The maximum absolute atomic E-state index is 12.8. The van der Waals surface area contributed by atoms with Gasteiger partial charge in [0.1, 0.15) is 0 Å². The summed E-state index contributed by atoms with van der Waals surface area (Å²) in [6.45, 7) is 3.28. The molecule has 186 valence electrons. The van der Waals surface area contributed by atoms with E-state index in [9.17, 15) is 14.4 Å². The van der Waals surface area contributed by atoms with E-state index in [4.69, 9.17) is 14.2 Å². The third-order valence-electron chi connectivity index (χ3n) is 6.24. The Kier molecular flexibility index (Phi) is 7.84. The molecule has 1 fully saturated rings. The largest absolute Gasteiger partial charge is 0.493 e. The van der Waals surface area contributed by atoms with Crippen molar-refractivity contribution in [1.29, 1.82) is 0 Å². The summed E-state index contributed by atoms with van der Waals surface area (Å²) in [5.41, 5.74) is 0.533. The summed E-state index contributed by atoms with van der Waals surface area (Å²) in [6.07, 6.45) is 0.0949. The summed E-state index contributed by atoms with van der Waals surface area (Å²) in [5.74, 6) is 1.07. The summed E-state index contributed by atoms with van der Waals surface area (Å²) in [5, 5.41) is 3.42. The zero-order valence-corrected chi connectivity index (χ0v) is 19.9. The summed E-state index contributed by atoms with van der Waals surface area (Å²) < 4.78 is 17.8. The smallest absolute Gasteiger partial charge is 0.328 e. The fourth-order valence-corrected chi connectivity index (χ4v) is 4.38. The molecule has 3 aromatic rings. The quantitative estimate of drug-likeness (QED) is 0.472. The van der Waals surface area contributed by atoms with E-state index in [1.807, 2.05) is 18.2 Å². The highest BCUT2D eigenvalue weighted by Gasteiger charge is 2.24. The minimum Gasteiger partial charge on any atom is -0.493 e. The van der Waals surface area contributed by atoms with Gasteiger partial charge in [0, 0.05) is 32.6 Å². The topological polar surface area (TPSA) is 115 Å². The van der Waals surface area contributed by atoms with Crippen LogP contribution < -0.4 is 26.0 Å². The molecule has 1 amide bonds. The normalized spacial score (nSPS) is 15.0. The van der Waals surface area contributed by atoms with Crippen LogP contribution in [0.2, 0.25) is 0 Å². The first-order chi connectivity index (χ1) is 17.0. The van der Waals surface area contributed by atoms with Gasteiger partial charge in [-0.3, -0.25) is 24.0 Å². The molecule has 1 aliphatic heterocycles. The molecule has 2 N–H and O–H groups in total. The molecule has 35 heavy (non-hydrogen) atoms. The fourth-order valence-electron chi connectivity index (χ4n) is 4.38. The van der Waals surface area contributed by atoms with Gasteiger partial charge in [-0.05, 0) is 29.8 Å². The molecular formula is C25H30N4O6. The molecule has 0 unspecified atom stereocenters. The number of H-pyrrole nitrogens is 1. The van der Waals surface area contributed by atoms with Crippen molar-refractivity contribution < 1.29 is 19.0 Å². The molecule has 0 radical (unpaired) electrons. The second-order valence-corrected chi connectivity index (χ2v) is 8.26. The van der Waals surface area contributed by atoms with Gasteiger partial charge in [0.2, 0.25) is 5.91 Å². The highest BCUT2D eigenvalue weighted by atomic mass is 16.5. The van der Waals surface area contributed by atoms with Crippen molar-refractivity contribution in [3.8, 4) is 11.5 Å². The molecule has 1 atom stereocenters. The molecule has 10 heteroatoms. The molecule has 1 saturated heterocycles. The molecule has 0 spiro atoms. The minimum absolute atomic E-state index is 0.0840. The Labute approximate surface area is 202 Å². The van der Waals surface area contributed by atoms with E-state index in [1.54, 1.807) is 38.5 Å². The van der Waals surface area contributed by atoms with E-state index in [2.05, 4.69) is 15.2 Å². The molecule has 10 nitrogen and oxygen atoms in total. The Balaban J connectivity index is 1.48. The van der Waals surface area contributed by atoms with Gasteiger partial charge in [-0.15, -0.1) is 0 Å². The van der Waals surface area contributed by atoms with Crippen LogP contribution in [0.5, 0.6) is 11.5 Å². The first-order valence-electron chi connectivity index (χ1n) is 11.5. The second kappa shape index (κ2) is 11.2. The average Bonchev–Trinajstić information content (AvgIpc) is 2.89. The van der Waals surface area contributed by atoms with Crippen LogP contribution in [-0.4, -0.2) is 67.4 Å². The fraction of sp³-hybridized carbons (Fsp3) is 0.400. The third kappa shape index (κ3) is 5.55. The van der Waals surface area contributed by atoms with Crippen LogP contribution in [0, 0.1) is 0 Å². The van der Waals surface area contributed by atoms with E-state index in [0.717, 1.165) is 18.7 Å². The first kappa shape index (κ1) is 24.5. The third-order valence-corrected chi connectivity index (χ3v) is 6.24. The van der Waals surface area contributed by atoms with Crippen molar-refractivity contribution in [1.82, 2.24) is 19.8 Å². The number of hydrogen-bond donors (Lipinski definition) is 2. The number of ether oxygens (including phenoxy) is 3. The number of aromatic nitrogens is 2. The number of fused-ring (bicyclic) bond motifs is 1. The van der Waals surface area contributed by atoms with Gasteiger partial charge in [0.05, 0.1) is 44.4 Å². The number of aromatic amines is 1. The van der Waals surface area contributed by atoms with Crippen molar-refractivity contribution in [2.75, 3.05) is 47.1 Å². The lowest BCUT2D eigenvalue weighted by molar-refractivity contribution is -0.121. The number of nitrogens with one attached hydrogen (secondary N) is 2. The van der Waals surface area contributed by atoms with Gasteiger partial charge in [-0.2, -0.15) is 0 Å². The minimum atomic E-state index is -0.530. The number of para-hydroxylation sites is 1. The van der Waals surface area contributed by atoms with Gasteiger partial charge in [0.25, 0.3) is 5.56 Å². The van der Waals surface area contributed by atoms with Crippen molar-refractivity contribution in [2.45, 2.75) is 19.0 Å². The Bertz CT molecular complexity index is 1300. The van der Waals surface area contributed by atoms with Crippen molar-refractivity contribution in [3.05, 3.63) is 68.9 Å². The zero-order valence-electron chi connectivity index (χ0n) is 19.9. The Morgan fingerprint density at radius 2 is 1.83 bits per heavy atom. The Morgan fingerprint density at radius 3 is 2.57 bits per heavy atom. The lowest BCUT2D eigenvalue weighted by Crippen LogP contribution is -2.44. The number of aryl methyl sites for hydroxylation is 1. The van der Waals surface area contributed by atoms with Crippen LogP contribution >= 0.6 is 0 Å². The number of carbonyl (C=O) groups excluding carboxylic acids is 1. The summed E-state index contributed by atoms with van der Waals surface area (Å²) in [7, 11) is 3.18. The molecule has 4 rings (SSSR count). The maximum Gasteiger partial charge on any atom is 0.328 e. The number of rotatable bonds is 9. The number of benzene rings is 2. The molecule has 1 aromatic heterocycles. The number of nitrogens with zero attached hydrogens (tertiary/aromatic N) is 2. The Hall–Kier alpha value is -3.63. The van der Waals surface area contributed by atoms with Crippen LogP contribution in [0.15, 0.2) is 52.1 Å². The van der Waals surface area contributed by atoms with Crippen LogP contribution in [0.4, 0.5) is 0 Å². The molecule has 0 aliphatic carbocycles. The SMILES string of the molecule is COc1ccc([C@@H](CNC(=O)CCn2c(=O)[nH]c(=O)c3ccccc32)N2CCOCC2)cc1OC. The van der Waals surface area contributed by atoms with Gasteiger partial charge in [-0.1, -0.05) is 18.2 Å². The van der Waals surface area contributed by atoms with E-state index in [-0.39, 0.29) is 24.9 Å². The summed E-state index contributed by atoms with van der Waals surface area (Å²) >= 11 is 0. The van der Waals surface area contributed by atoms with Crippen molar-refractivity contribution in [3.63, 3.8) is 0 Å². The molecule has 0 bridgehead atoms. The molecule has 2 heterocycles. The predicted octanol–water partition coefficient (Wildman–Crippen LogP) is 1.29. The first-order valence-corrected chi connectivity index (χ1v) is 11.5. The lowest BCUT2D eigenvalue weighted by Gasteiger charge is -2.35. The highest BCUT2D eigenvalue weighted by molar-refractivity contribution is 5.78. The van der Waals surface area contributed by atoms with Gasteiger partial charge in [-0.25, -0.2) is 4.79 Å². The van der Waals surface area contributed by atoms with Gasteiger partial charge < -0.3 is 19.5 Å². The second-order valence-electron chi connectivity index (χ2n) is 8.26. The molecule has 0 saturated carbocycles. The van der Waals surface area contributed by atoms with Gasteiger partial charge in [0.15, 0.2) is 11.5 Å². The lowest BCUT2D eigenvalue weighted by atomic mass is 10.0. The van der Waals surface area contributed by atoms with Crippen molar-refractivity contribution >= 4 is 16.8 Å². The van der Waals surface area contributed by atoms with Crippen LogP contribution in [-0.2, 0) is 16.1 Å². The van der Waals surface area contributed by atoms with Crippen molar-refractivity contribution in [2.24, 2.45) is 0 Å². The van der Waals surface area contributed by atoms with Gasteiger partial charge >= 0.3 is 5.69 Å². The van der Waals surface area contributed by atoms with E-state index < -0.39 is 11.2 Å². The van der Waals surface area contributed by atoms with Crippen LogP contribution in [0.25, 0.3) is 10.9 Å². The zero-order chi connectivity index (χ0) is 24.8. The number of hydrogen-bond acceptors (Lipinski definition) is 7. The number of amides is 1.